The average molecular weight is 253 g/mol. The van der Waals surface area contributed by atoms with Gasteiger partial charge in [-0.15, -0.1) is 0 Å². The predicted octanol–water partition coefficient (Wildman–Crippen LogP) is 1.37. The number of nitrogens with two attached hydrogens (primary N) is 1. The van der Waals surface area contributed by atoms with Gasteiger partial charge in [0.2, 0.25) is 5.91 Å². The summed E-state index contributed by atoms with van der Waals surface area (Å²) in [6.07, 6.45) is 1.25. The van der Waals surface area contributed by atoms with Crippen LogP contribution >= 0.6 is 0 Å². The summed E-state index contributed by atoms with van der Waals surface area (Å²) in [5, 5.41) is 22.4. The molecule has 0 aromatic heterocycles. The normalized spacial score (nSPS) is 11.9. The molecule has 0 spiro atoms. The highest BCUT2D eigenvalue weighted by Crippen LogP contribution is 2.27. The van der Waals surface area contributed by atoms with Gasteiger partial charge in [-0.25, -0.2) is 0 Å². The molecule has 7 heteroatoms. The van der Waals surface area contributed by atoms with Crippen molar-refractivity contribution in [2.75, 3.05) is 5.32 Å². The number of carbonyl (C=O) groups excluding carboxylic acids is 1. The topological polar surface area (TPSA) is 118 Å². The van der Waals surface area contributed by atoms with E-state index in [1.807, 2.05) is 6.92 Å². The van der Waals surface area contributed by atoms with Gasteiger partial charge < -0.3 is 16.2 Å². The maximum absolute atomic E-state index is 11.6. The Bertz CT molecular complexity index is 462. The zero-order chi connectivity index (χ0) is 13.7. The van der Waals surface area contributed by atoms with Gasteiger partial charge in [0.05, 0.1) is 16.7 Å². The fraction of sp³-hybridized carbons (Fsp3) is 0.364. The standard InChI is InChI=1S/C11H15N3O4/c1-2-3-8(12)11(16)13-9-6-7(14(17)18)4-5-10(9)15/h4-6,8,15H,2-3,12H2,1H3,(H,13,16). The van der Waals surface area contributed by atoms with E-state index >= 15 is 0 Å². The number of phenolic OH excluding ortho intramolecular Hbond substituents is 1. The lowest BCUT2D eigenvalue weighted by Crippen LogP contribution is -2.35. The fourth-order valence-corrected chi connectivity index (χ4v) is 1.41. The van der Waals surface area contributed by atoms with Crippen LogP contribution in [0.4, 0.5) is 11.4 Å². The van der Waals surface area contributed by atoms with Crippen molar-refractivity contribution in [1.82, 2.24) is 0 Å². The van der Waals surface area contributed by atoms with Gasteiger partial charge in [0, 0.05) is 12.1 Å². The van der Waals surface area contributed by atoms with Crippen molar-refractivity contribution < 1.29 is 14.8 Å². The monoisotopic (exact) mass is 253 g/mol. The minimum Gasteiger partial charge on any atom is -0.506 e. The highest BCUT2D eigenvalue weighted by atomic mass is 16.6. The summed E-state index contributed by atoms with van der Waals surface area (Å²) in [7, 11) is 0. The van der Waals surface area contributed by atoms with Crippen LogP contribution in [0.2, 0.25) is 0 Å². The maximum atomic E-state index is 11.6. The Labute approximate surface area is 104 Å². The highest BCUT2D eigenvalue weighted by molar-refractivity contribution is 5.96. The molecular formula is C11H15N3O4. The van der Waals surface area contributed by atoms with Crippen LogP contribution in [0, 0.1) is 10.1 Å². The Kier molecular flexibility index (Phi) is 4.61. The highest BCUT2D eigenvalue weighted by Gasteiger charge is 2.16. The first kappa shape index (κ1) is 13.9. The Morgan fingerprint density at radius 3 is 2.83 bits per heavy atom. The molecule has 0 bridgehead atoms. The molecule has 1 rings (SSSR count). The van der Waals surface area contributed by atoms with Gasteiger partial charge in [0.25, 0.3) is 5.69 Å². The summed E-state index contributed by atoms with van der Waals surface area (Å²) in [4.78, 5) is 21.6. The number of aromatic hydroxyl groups is 1. The second-order valence-electron chi connectivity index (χ2n) is 3.84. The van der Waals surface area contributed by atoms with Gasteiger partial charge in [0.1, 0.15) is 5.75 Å². The number of amides is 1. The van der Waals surface area contributed by atoms with Crippen LogP contribution < -0.4 is 11.1 Å². The van der Waals surface area contributed by atoms with Gasteiger partial charge in [-0.3, -0.25) is 14.9 Å². The number of nitrogens with one attached hydrogen (secondary N) is 1. The summed E-state index contributed by atoms with van der Waals surface area (Å²) in [5.74, 6) is -0.717. The summed E-state index contributed by atoms with van der Waals surface area (Å²) >= 11 is 0. The predicted molar refractivity (Wildman–Crippen MR) is 66.3 cm³/mol. The molecule has 1 amide bonds. The molecule has 0 aliphatic heterocycles. The molecule has 1 atom stereocenters. The molecule has 0 radical (unpaired) electrons. The first-order chi connectivity index (χ1) is 8.45. The molecule has 1 aromatic carbocycles. The van der Waals surface area contributed by atoms with Gasteiger partial charge in [0.15, 0.2) is 0 Å². The van der Waals surface area contributed by atoms with E-state index in [2.05, 4.69) is 5.32 Å². The number of nitro groups is 1. The smallest absolute Gasteiger partial charge is 0.271 e. The fourth-order valence-electron chi connectivity index (χ4n) is 1.41. The second-order valence-corrected chi connectivity index (χ2v) is 3.84. The molecule has 1 aromatic rings. The Morgan fingerprint density at radius 2 is 2.28 bits per heavy atom. The maximum Gasteiger partial charge on any atom is 0.271 e. The van der Waals surface area contributed by atoms with Crippen molar-refractivity contribution in [3.63, 3.8) is 0 Å². The van der Waals surface area contributed by atoms with E-state index in [1.165, 1.54) is 0 Å². The summed E-state index contributed by atoms with van der Waals surface area (Å²) in [5.41, 5.74) is 5.37. The molecule has 18 heavy (non-hydrogen) atoms. The number of rotatable bonds is 5. The van der Waals surface area contributed by atoms with E-state index in [4.69, 9.17) is 5.73 Å². The number of hydrogen-bond donors (Lipinski definition) is 3. The third kappa shape index (κ3) is 3.42. The molecule has 4 N–H and O–H groups in total. The van der Waals surface area contributed by atoms with Crippen LogP contribution in [0.3, 0.4) is 0 Å². The first-order valence-corrected chi connectivity index (χ1v) is 5.49. The third-order valence-corrected chi connectivity index (χ3v) is 2.39. The molecule has 7 nitrogen and oxygen atoms in total. The lowest BCUT2D eigenvalue weighted by Gasteiger charge is -2.11. The van der Waals surface area contributed by atoms with Crippen molar-refractivity contribution >= 4 is 17.3 Å². The molecule has 0 fully saturated rings. The molecule has 0 saturated heterocycles. The van der Waals surface area contributed by atoms with Crippen molar-refractivity contribution in [1.29, 1.82) is 0 Å². The number of nitrogens with zero attached hydrogens (tertiary/aromatic N) is 1. The van der Waals surface area contributed by atoms with Crippen LogP contribution in [0.15, 0.2) is 18.2 Å². The largest absolute Gasteiger partial charge is 0.506 e. The van der Waals surface area contributed by atoms with Crippen LogP contribution in [-0.2, 0) is 4.79 Å². The average Bonchev–Trinajstić information content (AvgIpc) is 2.31. The quantitative estimate of drug-likeness (QED) is 0.416. The van der Waals surface area contributed by atoms with Crippen LogP contribution in [-0.4, -0.2) is 22.0 Å². The Morgan fingerprint density at radius 1 is 1.61 bits per heavy atom. The minimum atomic E-state index is -0.700. The Balaban J connectivity index is 2.86. The molecule has 0 heterocycles. The van der Waals surface area contributed by atoms with Crippen LogP contribution in [0.5, 0.6) is 5.75 Å². The summed E-state index contributed by atoms with van der Waals surface area (Å²) in [6.45, 7) is 1.89. The van der Waals surface area contributed by atoms with Gasteiger partial charge in [-0.2, -0.15) is 0 Å². The van der Waals surface area contributed by atoms with Crippen molar-refractivity contribution in [3.05, 3.63) is 28.3 Å². The summed E-state index contributed by atoms with van der Waals surface area (Å²) < 4.78 is 0. The number of nitro benzene ring substituents is 1. The number of benzene rings is 1. The molecule has 0 aliphatic rings. The first-order valence-electron chi connectivity index (χ1n) is 5.49. The van der Waals surface area contributed by atoms with E-state index in [-0.39, 0.29) is 17.1 Å². The number of anilines is 1. The van der Waals surface area contributed by atoms with Crippen molar-refractivity contribution in [2.45, 2.75) is 25.8 Å². The van der Waals surface area contributed by atoms with E-state index in [0.717, 1.165) is 24.6 Å². The van der Waals surface area contributed by atoms with Crippen molar-refractivity contribution in [3.8, 4) is 5.75 Å². The van der Waals surface area contributed by atoms with E-state index in [1.54, 1.807) is 0 Å². The van der Waals surface area contributed by atoms with Gasteiger partial charge in [-0.05, 0) is 12.5 Å². The second kappa shape index (κ2) is 5.97. The van der Waals surface area contributed by atoms with Crippen molar-refractivity contribution in [2.24, 2.45) is 5.73 Å². The minimum absolute atomic E-state index is 0.0132. The van der Waals surface area contributed by atoms with Crippen LogP contribution in [0.1, 0.15) is 19.8 Å². The lowest BCUT2D eigenvalue weighted by atomic mass is 10.1. The SMILES string of the molecule is CCCC(N)C(=O)Nc1cc([N+](=O)[O-])ccc1O. The van der Waals surface area contributed by atoms with Crippen LogP contribution in [0.25, 0.3) is 0 Å². The third-order valence-electron chi connectivity index (χ3n) is 2.39. The molecular weight excluding hydrogens is 238 g/mol. The van der Waals surface area contributed by atoms with E-state index in [9.17, 15) is 20.0 Å². The zero-order valence-corrected chi connectivity index (χ0v) is 9.92. The summed E-state index contributed by atoms with van der Waals surface area (Å²) in [6, 6.07) is 2.69. The lowest BCUT2D eigenvalue weighted by molar-refractivity contribution is -0.384. The number of carbonyl (C=O) groups is 1. The number of non-ortho nitro benzene ring substituents is 1. The molecule has 98 valence electrons. The molecule has 0 saturated carbocycles. The zero-order valence-electron chi connectivity index (χ0n) is 9.92. The molecule has 0 aliphatic carbocycles. The van der Waals surface area contributed by atoms with E-state index < -0.39 is 16.9 Å². The number of phenols is 1. The van der Waals surface area contributed by atoms with E-state index in [0.29, 0.717) is 6.42 Å². The molecule has 1 unspecified atom stereocenters. The number of hydrogen-bond acceptors (Lipinski definition) is 5. The van der Waals surface area contributed by atoms with Gasteiger partial charge >= 0.3 is 0 Å². The van der Waals surface area contributed by atoms with Gasteiger partial charge in [-0.1, -0.05) is 13.3 Å². The Hall–Kier alpha value is -2.15.